The first-order valence-corrected chi connectivity index (χ1v) is 12.4. The van der Waals surface area contributed by atoms with Gasteiger partial charge in [0.2, 0.25) is 5.91 Å². The lowest BCUT2D eigenvalue weighted by atomic mass is 10.1. The molecule has 1 fully saturated rings. The van der Waals surface area contributed by atoms with E-state index in [4.69, 9.17) is 4.98 Å². The molecule has 35 heavy (non-hydrogen) atoms. The molecule has 2 unspecified atom stereocenters. The van der Waals surface area contributed by atoms with Gasteiger partial charge in [0.15, 0.2) is 0 Å². The van der Waals surface area contributed by atoms with Crippen molar-refractivity contribution in [3.63, 3.8) is 0 Å². The number of hydrogen-bond donors (Lipinski definition) is 1. The van der Waals surface area contributed by atoms with E-state index in [9.17, 15) is 19.7 Å². The molecule has 1 saturated heterocycles. The van der Waals surface area contributed by atoms with Gasteiger partial charge in [0.25, 0.3) is 11.6 Å². The molecule has 0 spiro atoms. The van der Waals surface area contributed by atoms with Crippen molar-refractivity contribution in [3.05, 3.63) is 79.8 Å². The number of nitrogens with one attached hydrogen (secondary N) is 1. The van der Waals surface area contributed by atoms with Gasteiger partial charge in [0.1, 0.15) is 11.0 Å². The van der Waals surface area contributed by atoms with Gasteiger partial charge in [-0.25, -0.2) is 4.98 Å². The molecule has 1 aliphatic heterocycles. The quantitative estimate of drug-likeness (QED) is 0.380. The van der Waals surface area contributed by atoms with Gasteiger partial charge in [-0.05, 0) is 52.7 Å². The van der Waals surface area contributed by atoms with Crippen LogP contribution in [0.4, 0.5) is 5.69 Å². The molecule has 0 bridgehead atoms. The first-order valence-electron chi connectivity index (χ1n) is 11.6. The lowest BCUT2D eigenvalue weighted by molar-refractivity contribution is -0.385. The van der Waals surface area contributed by atoms with E-state index >= 15 is 0 Å². The molecule has 1 aromatic heterocycles. The van der Waals surface area contributed by atoms with E-state index in [2.05, 4.69) is 17.4 Å². The molecule has 2 heterocycles. The maximum absolute atomic E-state index is 13.2. The second kappa shape index (κ2) is 9.95. The number of nitrogens with zero attached hydrogens (tertiary/aromatic N) is 3. The summed E-state index contributed by atoms with van der Waals surface area (Å²) in [6, 6.07) is 11.7. The highest BCUT2D eigenvalue weighted by atomic mass is 32.1. The van der Waals surface area contributed by atoms with Crippen molar-refractivity contribution >= 4 is 28.8 Å². The minimum atomic E-state index is -0.578. The third kappa shape index (κ3) is 5.09. The smallest absolute Gasteiger partial charge is 0.272 e. The summed E-state index contributed by atoms with van der Waals surface area (Å²) in [6.45, 7) is 7.98. The standard InChI is InChI=1S/C26H28N4O4S/c1-15-7-9-19(10-8-15)25-28-18(4)23(35-25)17(3)27-24(31)22-6-5-13-29(22)26(32)20-11-12-21(30(33)34)16(2)14-20/h7-12,14,17,22H,5-6,13H2,1-4H3,(H,27,31). The Morgan fingerprint density at radius 3 is 2.54 bits per heavy atom. The molecule has 1 N–H and O–H groups in total. The highest BCUT2D eigenvalue weighted by Gasteiger charge is 2.35. The van der Waals surface area contributed by atoms with E-state index in [-0.39, 0.29) is 23.5 Å². The Hall–Kier alpha value is -3.59. The van der Waals surface area contributed by atoms with Crippen molar-refractivity contribution in [2.75, 3.05) is 6.54 Å². The molecule has 2 atom stereocenters. The predicted molar refractivity (Wildman–Crippen MR) is 135 cm³/mol. The zero-order valence-corrected chi connectivity index (χ0v) is 21.0. The largest absolute Gasteiger partial charge is 0.347 e. The van der Waals surface area contributed by atoms with E-state index in [0.29, 0.717) is 24.1 Å². The summed E-state index contributed by atoms with van der Waals surface area (Å²) in [6.07, 6.45) is 1.30. The van der Waals surface area contributed by atoms with Crippen LogP contribution >= 0.6 is 11.3 Å². The SMILES string of the molecule is Cc1ccc(-c2nc(C)c(C(C)NC(=O)C3CCCN3C(=O)c3ccc([N+](=O)[O-])c(C)c3)s2)cc1. The number of thiazole rings is 1. The van der Waals surface area contributed by atoms with Gasteiger partial charge in [-0.3, -0.25) is 19.7 Å². The Balaban J connectivity index is 1.47. The topological polar surface area (TPSA) is 105 Å². The van der Waals surface area contributed by atoms with Crippen LogP contribution in [0.1, 0.15) is 57.9 Å². The van der Waals surface area contributed by atoms with Gasteiger partial charge in [0, 0.05) is 29.3 Å². The van der Waals surface area contributed by atoms with E-state index in [1.165, 1.54) is 23.8 Å². The average Bonchev–Trinajstić information content (AvgIpc) is 3.46. The van der Waals surface area contributed by atoms with Gasteiger partial charge in [-0.15, -0.1) is 11.3 Å². The Morgan fingerprint density at radius 1 is 1.17 bits per heavy atom. The second-order valence-electron chi connectivity index (χ2n) is 8.98. The molecule has 182 valence electrons. The number of likely N-dealkylation sites (tertiary alicyclic amines) is 1. The number of aromatic nitrogens is 1. The van der Waals surface area contributed by atoms with E-state index in [1.807, 2.05) is 32.9 Å². The van der Waals surface area contributed by atoms with Gasteiger partial charge in [-0.1, -0.05) is 29.8 Å². The fraction of sp³-hybridized carbons (Fsp3) is 0.346. The van der Waals surface area contributed by atoms with Crippen molar-refractivity contribution in [2.24, 2.45) is 0 Å². The molecule has 3 aromatic rings. The molecule has 4 rings (SSSR count). The summed E-state index contributed by atoms with van der Waals surface area (Å²) >= 11 is 1.56. The van der Waals surface area contributed by atoms with Crippen LogP contribution in [0.2, 0.25) is 0 Å². The fourth-order valence-electron chi connectivity index (χ4n) is 4.45. The van der Waals surface area contributed by atoms with Crippen LogP contribution in [-0.4, -0.2) is 39.2 Å². The minimum Gasteiger partial charge on any atom is -0.347 e. The maximum Gasteiger partial charge on any atom is 0.272 e. The summed E-state index contributed by atoms with van der Waals surface area (Å²) in [5.74, 6) is -0.490. The van der Waals surface area contributed by atoms with Crippen LogP contribution in [0.3, 0.4) is 0 Å². The van der Waals surface area contributed by atoms with Crippen molar-refractivity contribution in [3.8, 4) is 10.6 Å². The van der Waals surface area contributed by atoms with Crippen LogP contribution in [-0.2, 0) is 4.79 Å². The van der Waals surface area contributed by atoms with Crippen LogP contribution in [0.5, 0.6) is 0 Å². The summed E-state index contributed by atoms with van der Waals surface area (Å²) in [5.41, 5.74) is 3.83. The zero-order chi connectivity index (χ0) is 25.3. The second-order valence-corrected chi connectivity index (χ2v) is 10.0. The van der Waals surface area contributed by atoms with Gasteiger partial charge >= 0.3 is 0 Å². The Kier molecular flexibility index (Phi) is 6.98. The highest BCUT2D eigenvalue weighted by molar-refractivity contribution is 7.15. The number of benzene rings is 2. The molecule has 2 aromatic carbocycles. The lowest BCUT2D eigenvalue weighted by Gasteiger charge is -2.25. The third-order valence-electron chi connectivity index (χ3n) is 6.34. The number of nitro groups is 1. The number of carbonyl (C=O) groups excluding carboxylic acids is 2. The molecular formula is C26H28N4O4S. The Morgan fingerprint density at radius 2 is 1.89 bits per heavy atom. The normalized spacial score (nSPS) is 16.2. The molecular weight excluding hydrogens is 464 g/mol. The molecule has 0 aliphatic carbocycles. The third-order valence-corrected chi connectivity index (χ3v) is 7.73. The number of hydrogen-bond acceptors (Lipinski definition) is 6. The molecule has 2 amide bonds. The summed E-state index contributed by atoms with van der Waals surface area (Å²) in [5, 5.41) is 15.1. The van der Waals surface area contributed by atoms with Crippen LogP contribution in [0.15, 0.2) is 42.5 Å². The Labute approximate surface area is 208 Å². The van der Waals surface area contributed by atoms with Crippen LogP contribution in [0, 0.1) is 30.9 Å². The van der Waals surface area contributed by atoms with Crippen molar-refractivity contribution in [1.82, 2.24) is 15.2 Å². The number of amides is 2. The lowest BCUT2D eigenvalue weighted by Crippen LogP contribution is -2.46. The number of nitro benzene ring substituents is 1. The maximum atomic E-state index is 13.2. The molecule has 0 saturated carbocycles. The predicted octanol–water partition coefficient (Wildman–Crippen LogP) is 5.13. The van der Waals surface area contributed by atoms with Crippen LogP contribution in [0.25, 0.3) is 10.6 Å². The average molecular weight is 493 g/mol. The first-order chi connectivity index (χ1) is 16.7. The van der Waals surface area contributed by atoms with Crippen molar-refractivity contribution in [1.29, 1.82) is 0 Å². The van der Waals surface area contributed by atoms with Gasteiger partial charge in [0.05, 0.1) is 21.5 Å². The van der Waals surface area contributed by atoms with Gasteiger partial charge in [-0.2, -0.15) is 0 Å². The van der Waals surface area contributed by atoms with Crippen molar-refractivity contribution in [2.45, 2.75) is 52.6 Å². The van der Waals surface area contributed by atoms with Crippen LogP contribution < -0.4 is 5.32 Å². The van der Waals surface area contributed by atoms with Crippen molar-refractivity contribution < 1.29 is 14.5 Å². The van der Waals surface area contributed by atoms with Gasteiger partial charge < -0.3 is 10.2 Å². The Bertz CT molecular complexity index is 1290. The molecule has 1 aliphatic rings. The fourth-order valence-corrected chi connectivity index (χ4v) is 5.52. The number of carbonyl (C=O) groups is 2. The monoisotopic (exact) mass is 492 g/mol. The molecule has 0 radical (unpaired) electrons. The van der Waals surface area contributed by atoms with E-state index in [1.54, 1.807) is 23.2 Å². The summed E-state index contributed by atoms with van der Waals surface area (Å²) < 4.78 is 0. The first kappa shape index (κ1) is 24.5. The van der Waals surface area contributed by atoms with E-state index in [0.717, 1.165) is 27.6 Å². The number of aryl methyl sites for hydroxylation is 3. The molecule has 9 heteroatoms. The minimum absolute atomic E-state index is 0.0315. The van der Waals surface area contributed by atoms with E-state index < -0.39 is 11.0 Å². The number of rotatable bonds is 6. The summed E-state index contributed by atoms with van der Waals surface area (Å²) in [4.78, 5) is 44.2. The summed E-state index contributed by atoms with van der Waals surface area (Å²) in [7, 11) is 0. The molecule has 8 nitrogen and oxygen atoms in total. The highest BCUT2D eigenvalue weighted by Crippen LogP contribution is 2.32. The zero-order valence-electron chi connectivity index (χ0n) is 20.2.